The summed E-state index contributed by atoms with van der Waals surface area (Å²) >= 11 is 0. The molecule has 14 heteroatoms. The minimum Gasteiger partial charge on any atom is -0.452 e. The largest absolute Gasteiger partial charge is 0.452 e. The van der Waals surface area contributed by atoms with Crippen LogP contribution in [-0.2, 0) is 10.9 Å². The van der Waals surface area contributed by atoms with Crippen molar-refractivity contribution in [3.63, 3.8) is 0 Å². The number of para-hydroxylation sites is 1. The van der Waals surface area contributed by atoms with Crippen LogP contribution in [0.2, 0.25) is 0 Å². The van der Waals surface area contributed by atoms with Gasteiger partial charge in [-0.1, -0.05) is 18.2 Å². The third kappa shape index (κ3) is 4.79. The molecule has 3 aromatic heterocycles. The minimum atomic E-state index is -5.00. The van der Waals surface area contributed by atoms with Crippen LogP contribution in [-0.4, -0.2) is 43.2 Å². The van der Waals surface area contributed by atoms with Crippen LogP contribution < -0.4 is 16.2 Å². The molecule has 2 aromatic carbocycles. The Bertz CT molecular complexity index is 1860. The lowest BCUT2D eigenvalue weighted by molar-refractivity contribution is -0.142. The number of nitrogens with zero attached hydrogens (tertiary/aromatic N) is 4. The topological polar surface area (TPSA) is 130 Å². The molecule has 6 rings (SSSR count). The third-order valence-corrected chi connectivity index (χ3v) is 6.93. The Kier molecular flexibility index (Phi) is 6.77. The van der Waals surface area contributed by atoms with E-state index >= 15 is 4.39 Å². The number of halogens is 4. The molecule has 5 aromatic rings. The van der Waals surface area contributed by atoms with E-state index in [-0.39, 0.29) is 40.3 Å². The maximum Gasteiger partial charge on any atom is 0.434 e. The Morgan fingerprint density at radius 1 is 1.07 bits per heavy atom. The molecule has 4 heterocycles. The van der Waals surface area contributed by atoms with Crippen molar-refractivity contribution in [2.75, 3.05) is 13.2 Å². The van der Waals surface area contributed by atoms with E-state index in [1.807, 2.05) is 0 Å². The SMILES string of the molecule is NC(=O)c1nc(-c2ccc(Oc3ccnc4[nH]c(=O)n(C5CCOCC5)c34)c(F)c2)n(-c2ccccc2)c1C(F)(F)F. The smallest absolute Gasteiger partial charge is 0.434 e. The normalized spacial score (nSPS) is 14.4. The van der Waals surface area contributed by atoms with Gasteiger partial charge in [0.1, 0.15) is 11.3 Å². The van der Waals surface area contributed by atoms with Gasteiger partial charge in [-0.3, -0.25) is 18.9 Å². The summed E-state index contributed by atoms with van der Waals surface area (Å²) in [5, 5.41) is 0. The van der Waals surface area contributed by atoms with Gasteiger partial charge in [-0.05, 0) is 43.2 Å². The maximum atomic E-state index is 15.5. The Hall–Kier alpha value is -4.98. The van der Waals surface area contributed by atoms with Gasteiger partial charge in [0.05, 0.1) is 0 Å². The number of rotatable bonds is 6. The number of H-pyrrole nitrogens is 1. The number of aromatic nitrogens is 5. The summed E-state index contributed by atoms with van der Waals surface area (Å²) in [6.07, 6.45) is -2.43. The van der Waals surface area contributed by atoms with Gasteiger partial charge in [-0.2, -0.15) is 13.2 Å². The van der Waals surface area contributed by atoms with E-state index in [9.17, 15) is 22.8 Å². The number of pyridine rings is 1. The first-order valence-electron chi connectivity index (χ1n) is 12.8. The number of ether oxygens (including phenoxy) is 2. The number of carbonyl (C=O) groups excluding carboxylic acids is 1. The zero-order chi connectivity index (χ0) is 29.6. The molecule has 3 N–H and O–H groups in total. The first-order valence-corrected chi connectivity index (χ1v) is 12.8. The molecule has 0 saturated carbocycles. The fraction of sp³-hybridized carbons (Fsp3) is 0.214. The predicted molar refractivity (Wildman–Crippen MR) is 142 cm³/mol. The molecule has 0 radical (unpaired) electrons. The molecular formula is C28H22F4N6O4. The average molecular weight is 583 g/mol. The molecule has 10 nitrogen and oxygen atoms in total. The van der Waals surface area contributed by atoms with E-state index in [2.05, 4.69) is 15.0 Å². The second-order valence-electron chi connectivity index (χ2n) is 9.56. The highest BCUT2D eigenvalue weighted by atomic mass is 19.4. The molecule has 1 saturated heterocycles. The molecule has 0 unspecified atom stereocenters. The molecule has 1 amide bonds. The van der Waals surface area contributed by atoms with Crippen LogP contribution in [0.15, 0.2) is 65.6 Å². The standard InChI is InChI=1S/C28H22F4N6O4/c29-18-14-15(26-35-21(24(33)39)23(28(30,31)32)38(26)16-4-2-1-3-5-16)6-7-19(18)42-20-8-11-34-25-22(20)37(27(40)36-25)17-9-12-41-13-10-17/h1-8,11,14,17H,9-10,12-13H2,(H2,33,39)(H,34,36,40). The quantitative estimate of drug-likeness (QED) is 0.272. The monoisotopic (exact) mass is 582 g/mol. The molecule has 0 aliphatic carbocycles. The van der Waals surface area contributed by atoms with Gasteiger partial charge >= 0.3 is 11.9 Å². The van der Waals surface area contributed by atoms with Gasteiger partial charge in [0.15, 0.2) is 34.4 Å². The molecule has 1 aliphatic heterocycles. The highest BCUT2D eigenvalue weighted by molar-refractivity contribution is 5.93. The number of benzene rings is 2. The summed E-state index contributed by atoms with van der Waals surface area (Å²) in [6.45, 7) is 0.950. The summed E-state index contributed by atoms with van der Waals surface area (Å²) in [7, 11) is 0. The van der Waals surface area contributed by atoms with Crippen LogP contribution in [0.4, 0.5) is 17.6 Å². The van der Waals surface area contributed by atoms with Gasteiger partial charge in [-0.25, -0.2) is 19.2 Å². The van der Waals surface area contributed by atoms with E-state index in [0.29, 0.717) is 36.1 Å². The van der Waals surface area contributed by atoms with Gasteiger partial charge in [0.2, 0.25) is 0 Å². The fourth-order valence-corrected chi connectivity index (χ4v) is 5.11. The van der Waals surface area contributed by atoms with Crippen LogP contribution >= 0.6 is 0 Å². The minimum absolute atomic E-state index is 0.0401. The summed E-state index contributed by atoms with van der Waals surface area (Å²) in [4.78, 5) is 35.5. The second kappa shape index (κ2) is 10.4. The number of aromatic amines is 1. The maximum absolute atomic E-state index is 15.5. The molecule has 42 heavy (non-hydrogen) atoms. The molecule has 1 fully saturated rings. The Morgan fingerprint density at radius 2 is 1.81 bits per heavy atom. The number of hydrogen-bond acceptors (Lipinski definition) is 6. The lowest BCUT2D eigenvalue weighted by atomic mass is 10.1. The fourth-order valence-electron chi connectivity index (χ4n) is 5.11. The van der Waals surface area contributed by atoms with Gasteiger partial charge < -0.3 is 15.2 Å². The van der Waals surface area contributed by atoms with Crippen molar-refractivity contribution in [1.29, 1.82) is 0 Å². The van der Waals surface area contributed by atoms with Crippen LogP contribution in [0.1, 0.15) is 35.1 Å². The van der Waals surface area contributed by atoms with Gasteiger partial charge in [0, 0.05) is 42.8 Å². The molecule has 0 spiro atoms. The predicted octanol–water partition coefficient (Wildman–Crippen LogP) is 4.98. The van der Waals surface area contributed by atoms with Crippen molar-refractivity contribution in [3.8, 4) is 28.6 Å². The summed E-state index contributed by atoms with van der Waals surface area (Å²) in [6, 6.07) is 12.2. The molecule has 0 bridgehead atoms. The van der Waals surface area contributed by atoms with Gasteiger partial charge in [0.25, 0.3) is 5.91 Å². The van der Waals surface area contributed by atoms with Crippen molar-refractivity contribution < 1.29 is 31.8 Å². The van der Waals surface area contributed by atoms with Crippen LogP contribution in [0.3, 0.4) is 0 Å². The van der Waals surface area contributed by atoms with Gasteiger partial charge in [-0.15, -0.1) is 0 Å². The lowest BCUT2D eigenvalue weighted by Crippen LogP contribution is -2.27. The zero-order valence-corrected chi connectivity index (χ0v) is 21.7. The van der Waals surface area contributed by atoms with Crippen molar-refractivity contribution in [3.05, 3.63) is 88.5 Å². The first kappa shape index (κ1) is 27.2. The number of imidazole rings is 2. The number of nitrogens with two attached hydrogens (primary N) is 1. The van der Waals surface area contributed by atoms with E-state index < -0.39 is 35.0 Å². The average Bonchev–Trinajstić information content (AvgIpc) is 3.54. The highest BCUT2D eigenvalue weighted by Gasteiger charge is 2.42. The zero-order valence-electron chi connectivity index (χ0n) is 21.7. The number of nitrogens with one attached hydrogen (secondary N) is 1. The number of carbonyl (C=O) groups is 1. The summed E-state index contributed by atoms with van der Waals surface area (Å²) in [5.41, 5.74) is 3.05. The number of amides is 1. The second-order valence-corrected chi connectivity index (χ2v) is 9.56. The van der Waals surface area contributed by atoms with E-state index in [4.69, 9.17) is 15.2 Å². The highest BCUT2D eigenvalue weighted by Crippen LogP contribution is 2.39. The van der Waals surface area contributed by atoms with Crippen LogP contribution in [0.25, 0.3) is 28.2 Å². The Morgan fingerprint density at radius 3 is 2.48 bits per heavy atom. The van der Waals surface area contributed by atoms with E-state index in [0.717, 1.165) is 6.07 Å². The molecular weight excluding hydrogens is 560 g/mol. The van der Waals surface area contributed by atoms with Crippen molar-refractivity contribution in [2.24, 2.45) is 5.73 Å². The molecule has 0 atom stereocenters. The number of primary amides is 1. The van der Waals surface area contributed by atoms with Crippen LogP contribution in [0.5, 0.6) is 11.5 Å². The number of alkyl halides is 3. The Balaban J connectivity index is 1.44. The Labute approximate surface area is 234 Å². The van der Waals surface area contributed by atoms with Crippen molar-refractivity contribution in [2.45, 2.75) is 25.1 Å². The van der Waals surface area contributed by atoms with Crippen LogP contribution in [0, 0.1) is 5.82 Å². The summed E-state index contributed by atoms with van der Waals surface area (Å²) in [5.74, 6) is -2.77. The van der Waals surface area contributed by atoms with Crippen molar-refractivity contribution >= 4 is 17.1 Å². The number of fused-ring (bicyclic) bond motifs is 1. The molecule has 216 valence electrons. The van der Waals surface area contributed by atoms with E-state index in [1.54, 1.807) is 6.07 Å². The molecule has 1 aliphatic rings. The van der Waals surface area contributed by atoms with Crippen molar-refractivity contribution in [1.82, 2.24) is 24.1 Å². The number of hydrogen-bond donors (Lipinski definition) is 2. The summed E-state index contributed by atoms with van der Waals surface area (Å²) < 4.78 is 71.5. The third-order valence-electron chi connectivity index (χ3n) is 6.93. The lowest BCUT2D eigenvalue weighted by Gasteiger charge is -2.23. The van der Waals surface area contributed by atoms with E-state index in [1.165, 1.54) is 53.2 Å². The first-order chi connectivity index (χ1) is 20.1.